The van der Waals surface area contributed by atoms with Crippen molar-refractivity contribution in [1.82, 2.24) is 0 Å². The third kappa shape index (κ3) is 4.88. The summed E-state index contributed by atoms with van der Waals surface area (Å²) in [6.45, 7) is 0. The van der Waals surface area contributed by atoms with E-state index in [4.69, 9.17) is 8.83 Å². The van der Waals surface area contributed by atoms with E-state index in [0.717, 1.165) is 0 Å². The zero-order valence-electron chi connectivity index (χ0n) is 16.1. The molecule has 0 aliphatic heterocycles. The van der Waals surface area contributed by atoms with Crippen LogP contribution in [0.2, 0.25) is 0 Å². The quantitative estimate of drug-likeness (QED) is 0.425. The lowest BCUT2D eigenvalue weighted by Crippen LogP contribution is -2.15. The normalized spacial score (nSPS) is 10.3. The van der Waals surface area contributed by atoms with Crippen molar-refractivity contribution in [2.75, 3.05) is 16.0 Å². The average molecular weight is 415 g/mol. The summed E-state index contributed by atoms with van der Waals surface area (Å²) in [5.41, 5.74) is 1.79. The topological polar surface area (TPSA) is 114 Å². The Kier molecular flexibility index (Phi) is 5.62. The average Bonchev–Trinajstić information content (AvgIpc) is 3.48. The van der Waals surface area contributed by atoms with Gasteiger partial charge in [0.15, 0.2) is 11.5 Å². The molecule has 8 heteroatoms. The van der Waals surface area contributed by atoms with E-state index in [1.54, 1.807) is 72.8 Å². The van der Waals surface area contributed by atoms with Gasteiger partial charge < -0.3 is 24.8 Å². The van der Waals surface area contributed by atoms with Gasteiger partial charge in [-0.15, -0.1) is 0 Å². The number of benzene rings is 2. The van der Waals surface area contributed by atoms with Gasteiger partial charge in [0.25, 0.3) is 17.7 Å². The summed E-state index contributed by atoms with van der Waals surface area (Å²) in [5.74, 6) is -0.828. The Morgan fingerprint density at radius 3 is 1.55 bits per heavy atom. The minimum Gasteiger partial charge on any atom is -0.459 e. The summed E-state index contributed by atoms with van der Waals surface area (Å²) in [4.78, 5) is 36.9. The number of furan rings is 2. The summed E-state index contributed by atoms with van der Waals surface area (Å²) in [5, 5.41) is 8.15. The maximum absolute atomic E-state index is 12.7. The molecule has 154 valence electrons. The summed E-state index contributed by atoms with van der Waals surface area (Å²) in [6, 6.07) is 19.6. The lowest BCUT2D eigenvalue weighted by molar-refractivity contribution is 0.0989. The molecule has 0 unspecified atom stereocenters. The summed E-state index contributed by atoms with van der Waals surface area (Å²) < 4.78 is 10.1. The van der Waals surface area contributed by atoms with Gasteiger partial charge in [0.05, 0.1) is 12.5 Å². The fourth-order valence-corrected chi connectivity index (χ4v) is 2.82. The molecule has 0 fully saturated rings. The van der Waals surface area contributed by atoms with Crippen molar-refractivity contribution in [1.29, 1.82) is 0 Å². The fraction of sp³-hybridized carbons (Fsp3) is 0. The van der Waals surface area contributed by atoms with E-state index in [-0.39, 0.29) is 17.4 Å². The van der Waals surface area contributed by atoms with Crippen LogP contribution in [0.3, 0.4) is 0 Å². The predicted molar refractivity (Wildman–Crippen MR) is 114 cm³/mol. The highest BCUT2D eigenvalue weighted by atomic mass is 16.3. The van der Waals surface area contributed by atoms with Gasteiger partial charge in [-0.3, -0.25) is 14.4 Å². The summed E-state index contributed by atoms with van der Waals surface area (Å²) >= 11 is 0. The van der Waals surface area contributed by atoms with Crippen molar-refractivity contribution in [3.63, 3.8) is 0 Å². The zero-order chi connectivity index (χ0) is 21.6. The van der Waals surface area contributed by atoms with E-state index in [1.165, 1.54) is 12.5 Å². The van der Waals surface area contributed by atoms with Crippen LogP contribution in [0.5, 0.6) is 0 Å². The van der Waals surface area contributed by atoms with Gasteiger partial charge in [0, 0.05) is 22.6 Å². The largest absolute Gasteiger partial charge is 0.459 e. The van der Waals surface area contributed by atoms with Crippen molar-refractivity contribution in [2.45, 2.75) is 0 Å². The van der Waals surface area contributed by atoms with Gasteiger partial charge in [-0.2, -0.15) is 0 Å². The summed E-state index contributed by atoms with van der Waals surface area (Å²) in [7, 11) is 0. The molecular weight excluding hydrogens is 398 g/mol. The van der Waals surface area contributed by atoms with Crippen LogP contribution in [-0.4, -0.2) is 17.7 Å². The number of rotatable bonds is 6. The number of anilines is 3. The van der Waals surface area contributed by atoms with E-state index in [1.807, 2.05) is 0 Å². The zero-order valence-corrected chi connectivity index (χ0v) is 16.1. The van der Waals surface area contributed by atoms with E-state index < -0.39 is 11.8 Å². The van der Waals surface area contributed by atoms with Gasteiger partial charge >= 0.3 is 0 Å². The molecule has 4 aromatic rings. The Hall–Kier alpha value is -4.59. The van der Waals surface area contributed by atoms with Crippen LogP contribution in [0.4, 0.5) is 17.1 Å². The van der Waals surface area contributed by atoms with Crippen molar-refractivity contribution < 1.29 is 23.2 Å². The van der Waals surface area contributed by atoms with Crippen LogP contribution in [-0.2, 0) is 0 Å². The second-order valence-electron chi connectivity index (χ2n) is 6.48. The molecule has 8 nitrogen and oxygen atoms in total. The molecule has 0 radical (unpaired) electrons. The molecule has 3 N–H and O–H groups in total. The second kappa shape index (κ2) is 8.83. The number of amides is 3. The lowest BCUT2D eigenvalue weighted by atomic mass is 10.1. The predicted octanol–water partition coefficient (Wildman–Crippen LogP) is 4.63. The molecule has 2 aromatic carbocycles. The van der Waals surface area contributed by atoms with E-state index in [2.05, 4.69) is 16.0 Å². The first-order valence-corrected chi connectivity index (χ1v) is 9.30. The number of nitrogens with one attached hydrogen (secondary N) is 3. The third-order valence-electron chi connectivity index (χ3n) is 4.25. The lowest BCUT2D eigenvalue weighted by Gasteiger charge is -2.09. The maximum atomic E-state index is 12.7. The molecule has 2 aromatic heterocycles. The first-order valence-electron chi connectivity index (χ1n) is 9.30. The molecule has 31 heavy (non-hydrogen) atoms. The Morgan fingerprint density at radius 1 is 0.548 bits per heavy atom. The molecule has 0 spiro atoms. The molecule has 2 heterocycles. The Balaban J connectivity index is 1.42. The van der Waals surface area contributed by atoms with Gasteiger partial charge in [-0.25, -0.2) is 0 Å². The van der Waals surface area contributed by atoms with Gasteiger partial charge in [-0.05, 0) is 60.7 Å². The standard InChI is InChI=1S/C23H17N3O5/c27-21(15-5-1-6-16(13-15)25-22(28)19-9-3-11-30-19)24-17-7-2-8-18(14-17)26-23(29)20-10-4-12-31-20/h1-14H,(H,24,27)(H,25,28)(H,26,29). The van der Waals surface area contributed by atoms with E-state index >= 15 is 0 Å². The maximum Gasteiger partial charge on any atom is 0.291 e. The van der Waals surface area contributed by atoms with Crippen molar-refractivity contribution in [3.8, 4) is 0 Å². The monoisotopic (exact) mass is 415 g/mol. The minimum absolute atomic E-state index is 0.170. The van der Waals surface area contributed by atoms with Crippen LogP contribution in [0, 0.1) is 0 Å². The number of carbonyl (C=O) groups is 3. The highest BCUT2D eigenvalue weighted by Crippen LogP contribution is 2.19. The Labute approximate surface area is 176 Å². The Bertz CT molecular complexity index is 1210. The summed E-state index contributed by atoms with van der Waals surface area (Å²) in [6.07, 6.45) is 2.82. The highest BCUT2D eigenvalue weighted by molar-refractivity contribution is 6.07. The molecule has 0 saturated carbocycles. The first-order chi connectivity index (χ1) is 15.1. The highest BCUT2D eigenvalue weighted by Gasteiger charge is 2.12. The molecular formula is C23H17N3O5. The van der Waals surface area contributed by atoms with Crippen LogP contribution in [0.1, 0.15) is 31.5 Å². The Morgan fingerprint density at radius 2 is 1.03 bits per heavy atom. The van der Waals surface area contributed by atoms with Crippen molar-refractivity contribution in [2.24, 2.45) is 0 Å². The van der Waals surface area contributed by atoms with Crippen LogP contribution >= 0.6 is 0 Å². The van der Waals surface area contributed by atoms with Crippen LogP contribution in [0.25, 0.3) is 0 Å². The van der Waals surface area contributed by atoms with Crippen LogP contribution < -0.4 is 16.0 Å². The number of carbonyl (C=O) groups excluding carboxylic acids is 3. The number of hydrogen-bond acceptors (Lipinski definition) is 5. The third-order valence-corrected chi connectivity index (χ3v) is 4.25. The first kappa shape index (κ1) is 19.7. The van der Waals surface area contributed by atoms with Gasteiger partial charge in [0.1, 0.15) is 0 Å². The fourth-order valence-electron chi connectivity index (χ4n) is 2.82. The van der Waals surface area contributed by atoms with Gasteiger partial charge in [0.2, 0.25) is 0 Å². The molecule has 0 aliphatic rings. The SMILES string of the molecule is O=C(Nc1cccc(NC(=O)c2ccco2)c1)c1cccc(NC(=O)c2ccco2)c1. The molecule has 0 aliphatic carbocycles. The van der Waals surface area contributed by atoms with Gasteiger partial charge in [-0.1, -0.05) is 12.1 Å². The molecule has 0 saturated heterocycles. The van der Waals surface area contributed by atoms with Crippen molar-refractivity contribution in [3.05, 3.63) is 102 Å². The molecule has 3 amide bonds. The minimum atomic E-state index is -0.414. The molecule has 0 bridgehead atoms. The number of hydrogen-bond donors (Lipinski definition) is 3. The molecule has 0 atom stereocenters. The van der Waals surface area contributed by atoms with Crippen LogP contribution in [0.15, 0.2) is 94.2 Å². The van der Waals surface area contributed by atoms with Crippen molar-refractivity contribution >= 4 is 34.8 Å². The molecule has 4 rings (SSSR count). The smallest absolute Gasteiger partial charge is 0.291 e. The van der Waals surface area contributed by atoms with E-state index in [9.17, 15) is 14.4 Å². The second-order valence-corrected chi connectivity index (χ2v) is 6.48. The van der Waals surface area contributed by atoms with E-state index in [0.29, 0.717) is 22.6 Å².